The van der Waals surface area contributed by atoms with Crippen molar-refractivity contribution in [2.24, 2.45) is 10.9 Å². The van der Waals surface area contributed by atoms with Crippen molar-refractivity contribution in [2.75, 3.05) is 21.2 Å². The molecule has 0 spiro atoms. The van der Waals surface area contributed by atoms with Crippen LogP contribution in [-0.4, -0.2) is 38.0 Å². The van der Waals surface area contributed by atoms with Crippen LogP contribution in [0.2, 0.25) is 5.02 Å². The third kappa shape index (κ3) is 5.53. The van der Waals surface area contributed by atoms with Gasteiger partial charge in [-0.25, -0.2) is 10.3 Å². The van der Waals surface area contributed by atoms with Crippen LogP contribution in [0.4, 0.5) is 0 Å². The summed E-state index contributed by atoms with van der Waals surface area (Å²) in [5.41, 5.74) is 8.80. The van der Waals surface area contributed by atoms with Crippen molar-refractivity contribution in [3.63, 3.8) is 0 Å². The lowest BCUT2D eigenvalue weighted by atomic mass is 9.94. The molecule has 7 nitrogen and oxygen atoms in total. The van der Waals surface area contributed by atoms with Crippen molar-refractivity contribution in [3.8, 4) is 0 Å². The Bertz CT molecular complexity index is 735. The van der Waals surface area contributed by atoms with Crippen LogP contribution in [0.25, 0.3) is 0 Å². The van der Waals surface area contributed by atoms with Crippen LogP contribution in [-0.2, 0) is 14.5 Å². The number of rotatable bonds is 7. The van der Waals surface area contributed by atoms with Gasteiger partial charge in [-0.3, -0.25) is 4.84 Å². The fraction of sp³-hybridized carbons (Fsp3) is 0.222. The summed E-state index contributed by atoms with van der Waals surface area (Å²) >= 11 is 5.93. The normalized spacial score (nSPS) is 12.0. The molecule has 140 valence electrons. The molecule has 2 aromatic rings. The van der Waals surface area contributed by atoms with Crippen molar-refractivity contribution in [3.05, 3.63) is 70.2 Å². The van der Waals surface area contributed by atoms with Gasteiger partial charge in [-0.05, 0) is 30.3 Å². The molecular weight excluding hydrogens is 358 g/mol. The lowest BCUT2D eigenvalue weighted by Gasteiger charge is -2.20. The van der Waals surface area contributed by atoms with Crippen LogP contribution in [0.3, 0.4) is 0 Å². The number of carboxylic acid groups (broad SMARTS) is 1. The molecule has 8 heteroatoms. The van der Waals surface area contributed by atoms with Gasteiger partial charge in [-0.2, -0.15) is 0 Å². The molecule has 0 radical (unpaired) electrons. The molecule has 26 heavy (non-hydrogen) atoms. The quantitative estimate of drug-likeness (QED) is 0.504. The largest absolute Gasteiger partial charge is 0.476 e. The van der Waals surface area contributed by atoms with E-state index in [1.54, 1.807) is 43.4 Å². The first-order valence-corrected chi connectivity index (χ1v) is 8.05. The van der Waals surface area contributed by atoms with E-state index in [4.69, 9.17) is 16.4 Å². The molecule has 0 amide bonds. The van der Waals surface area contributed by atoms with Crippen molar-refractivity contribution < 1.29 is 19.6 Å². The number of hydroxylamine groups is 1. The van der Waals surface area contributed by atoms with E-state index in [1.807, 2.05) is 12.1 Å². The summed E-state index contributed by atoms with van der Waals surface area (Å²) in [6.07, 6.45) is -0.551. The maximum absolute atomic E-state index is 11.5. The van der Waals surface area contributed by atoms with E-state index in [0.29, 0.717) is 16.1 Å². The molecule has 2 aromatic carbocycles. The predicted molar refractivity (Wildman–Crippen MR) is 101 cm³/mol. The molecule has 4 N–H and O–H groups in total. The number of oxime groups is 1. The van der Waals surface area contributed by atoms with Gasteiger partial charge in [0.1, 0.15) is 13.2 Å². The highest BCUT2D eigenvalue weighted by Gasteiger charge is 2.24. The summed E-state index contributed by atoms with van der Waals surface area (Å²) in [6, 6.07) is 14.1. The van der Waals surface area contributed by atoms with Crippen molar-refractivity contribution in [2.45, 2.75) is 6.10 Å². The van der Waals surface area contributed by atoms with Gasteiger partial charge in [0, 0.05) is 17.6 Å². The van der Waals surface area contributed by atoms with Gasteiger partial charge in [-0.1, -0.05) is 53.2 Å². The van der Waals surface area contributed by atoms with Crippen molar-refractivity contribution in [1.82, 2.24) is 5.48 Å². The van der Waals surface area contributed by atoms with Gasteiger partial charge in [0.25, 0.3) is 0 Å². The number of hydrogen-bond donors (Lipinski definition) is 3. The molecular formula is C18H22ClN3O4. The highest BCUT2D eigenvalue weighted by atomic mass is 35.5. The Morgan fingerprint density at radius 2 is 1.81 bits per heavy atom. The molecule has 0 aliphatic rings. The van der Waals surface area contributed by atoms with Gasteiger partial charge in [0.2, 0.25) is 0 Å². The maximum Gasteiger partial charge on any atom is 0.358 e. The minimum absolute atomic E-state index is 0.202. The predicted octanol–water partition coefficient (Wildman–Crippen LogP) is 2.59. The lowest BCUT2D eigenvalue weighted by Crippen LogP contribution is -2.21. The second-order valence-electron chi connectivity index (χ2n) is 4.77. The van der Waals surface area contributed by atoms with E-state index >= 15 is 0 Å². The summed E-state index contributed by atoms with van der Waals surface area (Å²) in [7, 11) is 4.43. The van der Waals surface area contributed by atoms with Crippen LogP contribution < -0.4 is 11.2 Å². The van der Waals surface area contributed by atoms with Gasteiger partial charge in [0.15, 0.2) is 5.71 Å². The Hall–Kier alpha value is -2.45. The summed E-state index contributed by atoms with van der Waals surface area (Å²) in [4.78, 5) is 21.8. The van der Waals surface area contributed by atoms with Crippen LogP contribution in [0, 0.1) is 0 Å². The maximum atomic E-state index is 11.5. The van der Waals surface area contributed by atoms with Crippen LogP contribution in [0.5, 0.6) is 0 Å². The molecule has 0 aromatic heterocycles. The number of nitrogens with one attached hydrogen (secondary N) is 1. The summed E-state index contributed by atoms with van der Waals surface area (Å²) in [5.74, 6) is -1.19. The number of carbonyl (C=O) groups is 1. The average Bonchev–Trinajstić information content (AvgIpc) is 2.66. The summed E-state index contributed by atoms with van der Waals surface area (Å²) in [6.45, 7) is 0. The molecule has 0 saturated carbocycles. The highest BCUT2D eigenvalue weighted by molar-refractivity contribution is 6.42. The first kappa shape index (κ1) is 21.6. The summed E-state index contributed by atoms with van der Waals surface area (Å²) in [5, 5.41) is 13.6. The Morgan fingerprint density at radius 1 is 1.19 bits per heavy atom. The molecule has 0 heterocycles. The third-order valence-corrected chi connectivity index (χ3v) is 3.54. The molecule has 2 rings (SSSR count). The minimum Gasteiger partial charge on any atom is -0.476 e. The molecule has 1 atom stereocenters. The van der Waals surface area contributed by atoms with E-state index in [0.717, 1.165) is 5.56 Å². The zero-order valence-corrected chi connectivity index (χ0v) is 15.5. The first-order chi connectivity index (χ1) is 12.6. The van der Waals surface area contributed by atoms with Gasteiger partial charge >= 0.3 is 5.97 Å². The van der Waals surface area contributed by atoms with Crippen LogP contribution in [0.1, 0.15) is 22.8 Å². The zero-order valence-electron chi connectivity index (χ0n) is 14.8. The topological polar surface area (TPSA) is 106 Å². The van der Waals surface area contributed by atoms with Crippen molar-refractivity contribution in [1.29, 1.82) is 0 Å². The SMILES string of the molecule is CN.CNOC(c1ccc(Cl)cc1)c1ccccc1/C(=N/OC)C(=O)O. The molecule has 1 unspecified atom stereocenters. The fourth-order valence-electron chi connectivity index (χ4n) is 2.30. The van der Waals surface area contributed by atoms with Gasteiger partial charge in [0.05, 0.1) is 0 Å². The number of carboxylic acids is 1. The van der Waals surface area contributed by atoms with E-state index in [9.17, 15) is 9.90 Å². The fourth-order valence-corrected chi connectivity index (χ4v) is 2.43. The van der Waals surface area contributed by atoms with Crippen LogP contribution >= 0.6 is 11.6 Å². The number of benzene rings is 2. The van der Waals surface area contributed by atoms with E-state index in [2.05, 4.69) is 21.2 Å². The van der Waals surface area contributed by atoms with E-state index in [1.165, 1.54) is 14.2 Å². The molecule has 0 fully saturated rings. The van der Waals surface area contributed by atoms with Gasteiger partial charge in [-0.15, -0.1) is 0 Å². The van der Waals surface area contributed by atoms with E-state index < -0.39 is 12.1 Å². The third-order valence-electron chi connectivity index (χ3n) is 3.29. The minimum atomic E-state index is -1.19. The monoisotopic (exact) mass is 379 g/mol. The first-order valence-electron chi connectivity index (χ1n) is 7.67. The second-order valence-corrected chi connectivity index (χ2v) is 5.20. The molecule has 0 saturated heterocycles. The van der Waals surface area contributed by atoms with Gasteiger partial charge < -0.3 is 15.7 Å². The second kappa shape index (κ2) is 11.2. The molecule has 0 bridgehead atoms. The molecule has 0 aliphatic carbocycles. The zero-order chi connectivity index (χ0) is 19.5. The lowest BCUT2D eigenvalue weighted by molar-refractivity contribution is -0.129. The summed E-state index contributed by atoms with van der Waals surface area (Å²) < 4.78 is 0. The Kier molecular flexibility index (Phi) is 9.32. The standard InChI is InChI=1S/C17H17ClN2O4.CH5N/c1-19-24-16(11-7-9-12(18)10-8-11)14-6-4-3-5-13(14)15(17(21)22)20-23-2;1-2/h3-10,16,19H,1-2H3,(H,21,22);2H2,1H3/b20-15-;. The number of halogens is 1. The highest BCUT2D eigenvalue weighted by Crippen LogP contribution is 2.29. The van der Waals surface area contributed by atoms with Crippen molar-refractivity contribution >= 4 is 23.3 Å². The van der Waals surface area contributed by atoms with Crippen LogP contribution in [0.15, 0.2) is 53.7 Å². The number of hydrogen-bond acceptors (Lipinski definition) is 6. The Balaban J connectivity index is 0.00000163. The number of nitrogens with zero attached hydrogens (tertiary/aromatic N) is 1. The molecule has 0 aliphatic heterocycles. The smallest absolute Gasteiger partial charge is 0.358 e. The average molecular weight is 380 g/mol. The Morgan fingerprint density at radius 3 is 2.35 bits per heavy atom. The Labute approximate surface area is 157 Å². The number of aliphatic carboxylic acids is 1. The van der Waals surface area contributed by atoms with E-state index in [-0.39, 0.29) is 5.71 Å². The number of nitrogens with two attached hydrogens (primary N) is 1.